The van der Waals surface area contributed by atoms with Gasteiger partial charge in [-0.25, -0.2) is 0 Å². The topological polar surface area (TPSA) is 72.5 Å². The Kier molecular flexibility index (Phi) is 7.71. The third kappa shape index (κ3) is 4.75. The molecule has 28 heavy (non-hydrogen) atoms. The zero-order chi connectivity index (χ0) is 20.5. The minimum absolute atomic E-state index is 0.0542. The van der Waals surface area contributed by atoms with Gasteiger partial charge in [-0.2, -0.15) is 0 Å². The summed E-state index contributed by atoms with van der Waals surface area (Å²) in [5.74, 6) is 2.05. The monoisotopic (exact) mass is 388 g/mol. The van der Waals surface area contributed by atoms with Gasteiger partial charge in [0.25, 0.3) is 0 Å². The molecule has 7 nitrogen and oxygen atoms in total. The molecule has 150 valence electrons. The van der Waals surface area contributed by atoms with E-state index in [9.17, 15) is 4.79 Å². The van der Waals surface area contributed by atoms with E-state index < -0.39 is 0 Å². The molecule has 0 fully saturated rings. The van der Waals surface area contributed by atoms with E-state index >= 15 is 0 Å². The van der Waals surface area contributed by atoms with Crippen LogP contribution in [-0.2, 0) is 4.74 Å². The molecule has 2 aromatic rings. The number of hydrogen-bond donors (Lipinski definition) is 0. The van der Waals surface area contributed by atoms with E-state index in [4.69, 9.17) is 28.4 Å². The Bertz CT molecular complexity index is 843. The van der Waals surface area contributed by atoms with Crippen LogP contribution in [0.15, 0.2) is 36.4 Å². The van der Waals surface area contributed by atoms with E-state index in [2.05, 4.69) is 0 Å². The number of rotatable bonds is 10. The van der Waals surface area contributed by atoms with Crippen molar-refractivity contribution < 1.29 is 33.2 Å². The highest BCUT2D eigenvalue weighted by molar-refractivity contribution is 6.09. The second-order valence-electron chi connectivity index (χ2n) is 5.53. The summed E-state index contributed by atoms with van der Waals surface area (Å²) < 4.78 is 31.7. The van der Waals surface area contributed by atoms with E-state index in [1.807, 2.05) is 6.07 Å². The third-order valence-corrected chi connectivity index (χ3v) is 3.94. The average molecular weight is 388 g/mol. The molecule has 0 saturated carbocycles. The largest absolute Gasteiger partial charge is 0.496 e. The average Bonchev–Trinajstić information content (AvgIpc) is 2.74. The van der Waals surface area contributed by atoms with Crippen LogP contribution in [0, 0.1) is 0 Å². The molecule has 0 amide bonds. The fraction of sp³-hybridized carbons (Fsp3) is 0.286. The number of ketones is 1. The van der Waals surface area contributed by atoms with Gasteiger partial charge in [0.15, 0.2) is 35.6 Å². The third-order valence-electron chi connectivity index (χ3n) is 3.94. The number of carbonyl (C=O) groups is 1. The van der Waals surface area contributed by atoms with Crippen LogP contribution >= 0.6 is 0 Å². The maximum absolute atomic E-state index is 12.8. The Labute approximate surface area is 164 Å². The highest BCUT2D eigenvalue weighted by Crippen LogP contribution is 2.36. The summed E-state index contributed by atoms with van der Waals surface area (Å²) in [6, 6.07) is 8.57. The van der Waals surface area contributed by atoms with E-state index in [1.165, 1.54) is 34.5 Å². The standard InChI is InChI=1S/C21H24O7/c1-23-13-28-21-14(7-6-8-17(21)24-2)9-10-16(22)15-11-19(26-4)20(27-5)12-18(15)25-3/h6-12H,13H2,1-5H3/b10-9+. The van der Waals surface area contributed by atoms with Gasteiger partial charge in [0, 0.05) is 18.7 Å². The van der Waals surface area contributed by atoms with Gasteiger partial charge >= 0.3 is 0 Å². The Morgan fingerprint density at radius 3 is 2.11 bits per heavy atom. The highest BCUT2D eigenvalue weighted by Gasteiger charge is 2.16. The summed E-state index contributed by atoms with van der Waals surface area (Å²) in [6.45, 7) is 0.0542. The number of para-hydroxylation sites is 1. The van der Waals surface area contributed by atoms with Gasteiger partial charge in [-0.3, -0.25) is 4.79 Å². The summed E-state index contributed by atoms with van der Waals surface area (Å²) in [5.41, 5.74) is 1.02. The van der Waals surface area contributed by atoms with Crippen molar-refractivity contribution in [3.05, 3.63) is 47.5 Å². The van der Waals surface area contributed by atoms with Crippen LogP contribution in [0.2, 0.25) is 0 Å². The molecule has 2 rings (SSSR count). The van der Waals surface area contributed by atoms with Crippen LogP contribution in [0.25, 0.3) is 6.08 Å². The second kappa shape index (κ2) is 10.2. The Hall–Kier alpha value is -3.19. The van der Waals surface area contributed by atoms with Gasteiger partial charge in [-0.05, 0) is 24.3 Å². The number of benzene rings is 2. The van der Waals surface area contributed by atoms with Crippen molar-refractivity contribution in [3.8, 4) is 28.7 Å². The molecule has 0 saturated heterocycles. The van der Waals surface area contributed by atoms with E-state index in [0.717, 1.165) is 0 Å². The lowest BCUT2D eigenvalue weighted by atomic mass is 10.1. The maximum atomic E-state index is 12.8. The lowest BCUT2D eigenvalue weighted by Crippen LogP contribution is -2.03. The van der Waals surface area contributed by atoms with Crippen LogP contribution in [0.4, 0.5) is 0 Å². The molecular formula is C21H24O7. The molecule has 0 bridgehead atoms. The van der Waals surface area contributed by atoms with Crippen molar-refractivity contribution in [2.45, 2.75) is 0 Å². The van der Waals surface area contributed by atoms with Gasteiger partial charge in [-0.15, -0.1) is 0 Å². The molecular weight excluding hydrogens is 364 g/mol. The molecule has 0 atom stereocenters. The summed E-state index contributed by atoms with van der Waals surface area (Å²) in [7, 11) is 7.58. The Balaban J connectivity index is 2.39. The van der Waals surface area contributed by atoms with Crippen LogP contribution in [0.1, 0.15) is 15.9 Å². The quantitative estimate of drug-likeness (QED) is 0.350. The fourth-order valence-electron chi connectivity index (χ4n) is 2.57. The van der Waals surface area contributed by atoms with Crippen molar-refractivity contribution in [1.29, 1.82) is 0 Å². The second-order valence-corrected chi connectivity index (χ2v) is 5.53. The smallest absolute Gasteiger partial charge is 0.189 e. The fourth-order valence-corrected chi connectivity index (χ4v) is 2.57. The summed E-state index contributed by atoms with van der Waals surface area (Å²) in [5, 5.41) is 0. The van der Waals surface area contributed by atoms with E-state index in [0.29, 0.717) is 39.9 Å². The molecule has 0 aliphatic rings. The van der Waals surface area contributed by atoms with Gasteiger partial charge in [-0.1, -0.05) is 12.1 Å². The summed E-state index contributed by atoms with van der Waals surface area (Å²) in [4.78, 5) is 12.8. The van der Waals surface area contributed by atoms with Crippen LogP contribution in [0.3, 0.4) is 0 Å². The van der Waals surface area contributed by atoms with Crippen LogP contribution in [0.5, 0.6) is 28.7 Å². The molecule has 0 spiro atoms. The van der Waals surface area contributed by atoms with Crippen molar-refractivity contribution in [2.24, 2.45) is 0 Å². The normalized spacial score (nSPS) is 10.6. The first-order chi connectivity index (χ1) is 13.6. The van der Waals surface area contributed by atoms with Crippen LogP contribution in [-0.4, -0.2) is 48.1 Å². The van der Waals surface area contributed by atoms with Crippen molar-refractivity contribution in [3.63, 3.8) is 0 Å². The highest BCUT2D eigenvalue weighted by atomic mass is 16.7. The van der Waals surface area contributed by atoms with Gasteiger partial charge in [0.05, 0.1) is 34.0 Å². The lowest BCUT2D eigenvalue weighted by Gasteiger charge is -2.13. The summed E-state index contributed by atoms with van der Waals surface area (Å²) in [6.07, 6.45) is 3.07. The SMILES string of the molecule is COCOc1c(/C=C/C(=O)c2cc(OC)c(OC)cc2OC)cccc1OC. The molecule has 0 aromatic heterocycles. The van der Waals surface area contributed by atoms with Crippen molar-refractivity contribution in [1.82, 2.24) is 0 Å². The maximum Gasteiger partial charge on any atom is 0.189 e. The predicted molar refractivity (Wildman–Crippen MR) is 105 cm³/mol. The Morgan fingerprint density at radius 1 is 0.857 bits per heavy atom. The number of hydrogen-bond acceptors (Lipinski definition) is 7. The predicted octanol–water partition coefficient (Wildman–Crippen LogP) is 3.60. The molecule has 0 heterocycles. The zero-order valence-electron chi connectivity index (χ0n) is 16.6. The molecule has 0 radical (unpaired) electrons. The minimum Gasteiger partial charge on any atom is -0.496 e. The zero-order valence-corrected chi connectivity index (χ0v) is 16.6. The van der Waals surface area contributed by atoms with Gasteiger partial charge < -0.3 is 28.4 Å². The number of allylic oxidation sites excluding steroid dienone is 1. The number of ether oxygens (including phenoxy) is 6. The molecule has 0 aliphatic carbocycles. The van der Waals surface area contributed by atoms with Crippen molar-refractivity contribution in [2.75, 3.05) is 42.3 Å². The molecule has 7 heteroatoms. The van der Waals surface area contributed by atoms with E-state index in [1.54, 1.807) is 37.5 Å². The number of methoxy groups -OCH3 is 5. The van der Waals surface area contributed by atoms with Crippen molar-refractivity contribution >= 4 is 11.9 Å². The molecule has 0 unspecified atom stereocenters. The first-order valence-electron chi connectivity index (χ1n) is 8.40. The van der Waals surface area contributed by atoms with Gasteiger partial charge in [0.2, 0.25) is 0 Å². The molecule has 0 aliphatic heterocycles. The molecule has 0 N–H and O–H groups in total. The minimum atomic E-state index is -0.265. The van der Waals surface area contributed by atoms with E-state index in [-0.39, 0.29) is 12.6 Å². The number of carbonyl (C=O) groups excluding carboxylic acids is 1. The van der Waals surface area contributed by atoms with Gasteiger partial charge in [0.1, 0.15) is 5.75 Å². The Morgan fingerprint density at radius 2 is 1.50 bits per heavy atom. The first-order valence-corrected chi connectivity index (χ1v) is 8.40. The first kappa shape index (κ1) is 21.1. The molecule has 2 aromatic carbocycles. The van der Waals surface area contributed by atoms with Crippen LogP contribution < -0.4 is 23.7 Å². The summed E-state index contributed by atoms with van der Waals surface area (Å²) >= 11 is 0. The lowest BCUT2D eigenvalue weighted by molar-refractivity contribution is 0.0490.